The Labute approximate surface area is 151 Å². The quantitative estimate of drug-likeness (QED) is 0.775. The maximum absolute atomic E-state index is 13.4. The van der Waals surface area contributed by atoms with Crippen LogP contribution in [-0.2, 0) is 9.59 Å². The Balaban J connectivity index is 1.68. The highest BCUT2D eigenvalue weighted by atomic mass is 16.3. The molecule has 0 saturated heterocycles. The number of carbonyl (C=O) groups excluding carboxylic acids is 2. The topological polar surface area (TPSA) is 54.4 Å². The third kappa shape index (κ3) is 2.40. The normalized spacial score (nSPS) is 55.2. The first-order valence-electron chi connectivity index (χ1n) is 10.3. The van der Waals surface area contributed by atoms with Gasteiger partial charge < -0.3 is 5.11 Å². The van der Waals surface area contributed by atoms with E-state index in [1.807, 2.05) is 6.92 Å². The summed E-state index contributed by atoms with van der Waals surface area (Å²) in [6, 6.07) is 0. The molecule has 0 aromatic carbocycles. The van der Waals surface area contributed by atoms with E-state index in [9.17, 15) is 14.7 Å². The maximum atomic E-state index is 13.4. The molecule has 8 atom stereocenters. The van der Waals surface area contributed by atoms with Crippen molar-refractivity contribution in [3.8, 4) is 0 Å². The zero-order valence-corrected chi connectivity index (χ0v) is 16.3. The number of aliphatic hydroxyl groups is 1. The second-order valence-corrected chi connectivity index (χ2v) is 10.6. The monoisotopic (exact) mass is 346 g/mol. The molecule has 1 N–H and O–H groups in total. The lowest BCUT2D eigenvalue weighted by Crippen LogP contribution is -2.59. The minimum Gasteiger partial charge on any atom is -0.390 e. The van der Waals surface area contributed by atoms with Gasteiger partial charge in [-0.2, -0.15) is 0 Å². The van der Waals surface area contributed by atoms with E-state index in [1.54, 1.807) is 6.92 Å². The van der Waals surface area contributed by atoms with E-state index >= 15 is 0 Å². The number of carbonyl (C=O) groups is 2. The van der Waals surface area contributed by atoms with Crippen LogP contribution in [0.25, 0.3) is 0 Å². The average Bonchev–Trinajstić information content (AvgIpc) is 2.84. The van der Waals surface area contributed by atoms with Crippen molar-refractivity contribution in [2.24, 2.45) is 40.4 Å². The molecule has 4 saturated carbocycles. The largest absolute Gasteiger partial charge is 0.390 e. The molecule has 0 bridgehead atoms. The van der Waals surface area contributed by atoms with E-state index in [2.05, 4.69) is 13.8 Å². The summed E-state index contributed by atoms with van der Waals surface area (Å²) in [5, 5.41) is 10.6. The molecular weight excluding hydrogens is 312 g/mol. The zero-order valence-electron chi connectivity index (χ0n) is 16.3. The SMILES string of the molecule is CC(=O)[C@H]1CC[C@H]2[C@@H]3CC[C@@H]4C[C@](C)(O)CC[C@]4(C)[C@H]3C(=O)C[C@]12C. The predicted molar refractivity (Wildman–Crippen MR) is 96.9 cm³/mol. The van der Waals surface area contributed by atoms with Gasteiger partial charge in [-0.3, -0.25) is 9.59 Å². The molecular formula is C22H34O3. The lowest BCUT2D eigenvalue weighted by molar-refractivity contribution is -0.168. The van der Waals surface area contributed by atoms with Gasteiger partial charge in [0.2, 0.25) is 0 Å². The highest BCUT2D eigenvalue weighted by Gasteiger charge is 2.64. The van der Waals surface area contributed by atoms with Gasteiger partial charge >= 0.3 is 0 Å². The Hall–Kier alpha value is -0.700. The Morgan fingerprint density at radius 1 is 1.04 bits per heavy atom. The first-order valence-corrected chi connectivity index (χ1v) is 10.3. The van der Waals surface area contributed by atoms with E-state index in [1.165, 1.54) is 0 Å². The van der Waals surface area contributed by atoms with Crippen molar-refractivity contribution in [3.05, 3.63) is 0 Å². The molecule has 4 rings (SSSR count). The van der Waals surface area contributed by atoms with E-state index in [4.69, 9.17) is 0 Å². The molecule has 4 fully saturated rings. The van der Waals surface area contributed by atoms with Crippen LogP contribution in [0.5, 0.6) is 0 Å². The van der Waals surface area contributed by atoms with Gasteiger partial charge in [-0.1, -0.05) is 13.8 Å². The van der Waals surface area contributed by atoms with Crippen molar-refractivity contribution in [3.63, 3.8) is 0 Å². The third-order valence-electron chi connectivity index (χ3n) is 9.13. The molecule has 0 aromatic rings. The van der Waals surface area contributed by atoms with Gasteiger partial charge in [-0.15, -0.1) is 0 Å². The van der Waals surface area contributed by atoms with Crippen LogP contribution >= 0.6 is 0 Å². The second-order valence-electron chi connectivity index (χ2n) is 10.6. The minimum atomic E-state index is -0.559. The number of fused-ring (bicyclic) bond motifs is 5. The van der Waals surface area contributed by atoms with Crippen molar-refractivity contribution in [2.75, 3.05) is 0 Å². The molecule has 3 heteroatoms. The van der Waals surface area contributed by atoms with Gasteiger partial charge in [0.25, 0.3) is 0 Å². The lowest BCUT2D eigenvalue weighted by atomic mass is 9.43. The third-order valence-corrected chi connectivity index (χ3v) is 9.13. The number of hydrogen-bond donors (Lipinski definition) is 1. The number of ketones is 2. The summed E-state index contributed by atoms with van der Waals surface area (Å²) in [6.45, 7) is 8.25. The smallest absolute Gasteiger partial charge is 0.137 e. The van der Waals surface area contributed by atoms with Crippen molar-refractivity contribution in [2.45, 2.75) is 84.7 Å². The fourth-order valence-corrected chi connectivity index (χ4v) is 7.91. The molecule has 140 valence electrons. The van der Waals surface area contributed by atoms with Crippen LogP contribution in [-0.4, -0.2) is 22.3 Å². The number of Topliss-reactive ketones (excluding diaryl/α,β-unsaturated/α-hetero) is 2. The average molecular weight is 347 g/mol. The summed E-state index contributed by atoms with van der Waals surface area (Å²) in [5.41, 5.74) is -0.609. The zero-order chi connectivity index (χ0) is 18.2. The maximum Gasteiger partial charge on any atom is 0.137 e. The molecule has 3 nitrogen and oxygen atoms in total. The van der Waals surface area contributed by atoms with Crippen LogP contribution < -0.4 is 0 Å². The molecule has 0 aromatic heterocycles. The second kappa shape index (κ2) is 5.41. The highest BCUT2D eigenvalue weighted by Crippen LogP contribution is 2.67. The van der Waals surface area contributed by atoms with Crippen molar-refractivity contribution >= 4 is 11.6 Å². The van der Waals surface area contributed by atoms with Crippen LogP contribution in [0.3, 0.4) is 0 Å². The first-order chi connectivity index (χ1) is 11.6. The fraction of sp³-hybridized carbons (Fsp3) is 0.909. The van der Waals surface area contributed by atoms with Crippen molar-refractivity contribution in [1.82, 2.24) is 0 Å². The summed E-state index contributed by atoms with van der Waals surface area (Å²) in [4.78, 5) is 25.6. The Bertz CT molecular complexity index is 608. The van der Waals surface area contributed by atoms with Crippen LogP contribution in [0.15, 0.2) is 0 Å². The van der Waals surface area contributed by atoms with E-state index in [0.717, 1.165) is 44.9 Å². The summed E-state index contributed by atoms with van der Waals surface area (Å²) < 4.78 is 0. The molecule has 25 heavy (non-hydrogen) atoms. The van der Waals surface area contributed by atoms with E-state index in [-0.39, 0.29) is 28.4 Å². The van der Waals surface area contributed by atoms with Crippen molar-refractivity contribution in [1.29, 1.82) is 0 Å². The van der Waals surface area contributed by atoms with Crippen molar-refractivity contribution < 1.29 is 14.7 Å². The number of hydrogen-bond acceptors (Lipinski definition) is 3. The summed E-state index contributed by atoms with van der Waals surface area (Å²) >= 11 is 0. The lowest BCUT2D eigenvalue weighted by Gasteiger charge is -2.60. The van der Waals surface area contributed by atoms with Gasteiger partial charge in [0.05, 0.1) is 5.60 Å². The molecule has 0 amide bonds. The molecule has 0 heterocycles. The van der Waals surface area contributed by atoms with Crippen LogP contribution in [0.1, 0.15) is 79.1 Å². The van der Waals surface area contributed by atoms with Gasteiger partial charge in [-0.25, -0.2) is 0 Å². The molecule has 0 aliphatic heterocycles. The fourth-order valence-electron chi connectivity index (χ4n) is 7.91. The summed E-state index contributed by atoms with van der Waals surface area (Å²) in [6.07, 6.45) is 7.57. The van der Waals surface area contributed by atoms with Gasteiger partial charge in [0.15, 0.2) is 0 Å². The predicted octanol–water partition coefficient (Wildman–Crippen LogP) is 4.16. The molecule has 0 spiro atoms. The Morgan fingerprint density at radius 2 is 1.76 bits per heavy atom. The summed E-state index contributed by atoms with van der Waals surface area (Å²) in [7, 11) is 0. The van der Waals surface area contributed by atoms with Crippen LogP contribution in [0.2, 0.25) is 0 Å². The molecule has 0 radical (unpaired) electrons. The summed E-state index contributed by atoms with van der Waals surface area (Å²) in [5.74, 6) is 2.40. The molecule has 0 unspecified atom stereocenters. The standard InChI is InChI=1S/C22H34O3/c1-13(23)16-7-8-17-15-6-5-14-11-20(2,25)9-10-21(14,3)19(15)18(24)12-22(16,17)4/h14-17,19,25H,5-12H2,1-4H3/t14-,15+,16-,17+,19-,20-,21+,22-/m1/s1. The van der Waals surface area contributed by atoms with Gasteiger partial charge in [0.1, 0.15) is 11.6 Å². The highest BCUT2D eigenvalue weighted by molar-refractivity contribution is 5.87. The van der Waals surface area contributed by atoms with Gasteiger partial charge in [-0.05, 0) is 87.4 Å². The number of rotatable bonds is 1. The molecule has 4 aliphatic carbocycles. The minimum absolute atomic E-state index is 0.0535. The van der Waals surface area contributed by atoms with E-state index < -0.39 is 5.60 Å². The molecule has 4 aliphatic rings. The van der Waals surface area contributed by atoms with E-state index in [0.29, 0.717) is 30.0 Å². The van der Waals surface area contributed by atoms with Crippen LogP contribution in [0, 0.1) is 40.4 Å². The first kappa shape index (κ1) is 17.7. The Kier molecular flexibility index (Phi) is 3.83. The Morgan fingerprint density at radius 3 is 2.44 bits per heavy atom. The van der Waals surface area contributed by atoms with Crippen LogP contribution in [0.4, 0.5) is 0 Å². The van der Waals surface area contributed by atoms with Gasteiger partial charge in [0, 0.05) is 18.3 Å².